The third-order valence-corrected chi connectivity index (χ3v) is 3.36. The molecule has 0 atom stereocenters. The molecule has 2 heteroatoms. The van der Waals surface area contributed by atoms with Gasteiger partial charge in [-0.1, -0.05) is 12.8 Å². The van der Waals surface area contributed by atoms with Crippen molar-refractivity contribution in [2.24, 2.45) is 5.41 Å². The van der Waals surface area contributed by atoms with Gasteiger partial charge in [0.2, 0.25) is 0 Å². The second-order valence-corrected chi connectivity index (χ2v) is 4.59. The number of aldehydes is 1. The van der Waals surface area contributed by atoms with Gasteiger partial charge in [-0.25, -0.2) is 0 Å². The van der Waals surface area contributed by atoms with E-state index in [1.165, 1.54) is 0 Å². The molecule has 2 saturated carbocycles. The normalized spacial score (nSPS) is 30.1. The molecule has 2 nitrogen and oxygen atoms in total. The lowest BCUT2D eigenvalue weighted by Gasteiger charge is -2.24. The Morgan fingerprint density at radius 3 is 2.17 bits per heavy atom. The maximum atomic E-state index is 10.7. The summed E-state index contributed by atoms with van der Waals surface area (Å²) in [5.41, 5.74) is -0.601. The topological polar surface area (TPSA) is 37.3 Å². The summed E-state index contributed by atoms with van der Waals surface area (Å²) >= 11 is 0. The molecular formula is C10H16O2. The highest BCUT2D eigenvalue weighted by atomic mass is 16.3. The van der Waals surface area contributed by atoms with Crippen molar-refractivity contribution in [1.29, 1.82) is 0 Å². The van der Waals surface area contributed by atoms with Crippen LogP contribution in [0.5, 0.6) is 0 Å². The van der Waals surface area contributed by atoms with Crippen LogP contribution in [-0.2, 0) is 4.79 Å². The van der Waals surface area contributed by atoms with Crippen LogP contribution in [0.4, 0.5) is 0 Å². The molecule has 1 N–H and O–H groups in total. The first kappa shape index (κ1) is 8.24. The van der Waals surface area contributed by atoms with Gasteiger partial charge < -0.3 is 9.90 Å². The zero-order valence-corrected chi connectivity index (χ0v) is 7.38. The molecule has 0 aliphatic heterocycles. The minimum absolute atomic E-state index is 0.112. The fourth-order valence-electron chi connectivity index (χ4n) is 2.36. The molecule has 0 saturated heterocycles. The Labute approximate surface area is 73.0 Å². The highest BCUT2D eigenvalue weighted by molar-refractivity contribution is 5.63. The van der Waals surface area contributed by atoms with Crippen molar-refractivity contribution in [3.63, 3.8) is 0 Å². The van der Waals surface area contributed by atoms with Crippen molar-refractivity contribution in [2.75, 3.05) is 0 Å². The molecule has 0 radical (unpaired) electrons. The molecule has 0 aromatic rings. The molecule has 0 unspecified atom stereocenters. The molecule has 12 heavy (non-hydrogen) atoms. The number of hydrogen-bond acceptors (Lipinski definition) is 2. The van der Waals surface area contributed by atoms with Gasteiger partial charge in [0.1, 0.15) is 6.29 Å². The highest BCUT2D eigenvalue weighted by Gasteiger charge is 2.49. The first-order valence-electron chi connectivity index (χ1n) is 4.87. The van der Waals surface area contributed by atoms with Gasteiger partial charge in [0.15, 0.2) is 0 Å². The Bertz CT molecular complexity index is 188. The standard InChI is InChI=1S/C10H16O2/c11-8-9(5-6-9)7-10(12)3-1-2-4-10/h8,12H,1-7H2. The molecule has 0 bridgehead atoms. The van der Waals surface area contributed by atoms with Crippen molar-refractivity contribution >= 4 is 6.29 Å². The third-order valence-electron chi connectivity index (χ3n) is 3.36. The van der Waals surface area contributed by atoms with E-state index in [4.69, 9.17) is 0 Å². The third kappa shape index (κ3) is 1.40. The SMILES string of the molecule is O=CC1(CC2(O)CCCC2)CC1. The van der Waals surface area contributed by atoms with Gasteiger partial charge in [-0.3, -0.25) is 0 Å². The molecule has 0 heterocycles. The van der Waals surface area contributed by atoms with Crippen LogP contribution >= 0.6 is 0 Å². The van der Waals surface area contributed by atoms with E-state index in [1.807, 2.05) is 0 Å². The lowest BCUT2D eigenvalue weighted by atomic mass is 9.88. The van der Waals surface area contributed by atoms with E-state index in [0.717, 1.165) is 51.2 Å². The number of carbonyl (C=O) groups excluding carboxylic acids is 1. The first-order valence-corrected chi connectivity index (χ1v) is 4.87. The Morgan fingerprint density at radius 2 is 1.75 bits per heavy atom. The van der Waals surface area contributed by atoms with Crippen LogP contribution in [0.1, 0.15) is 44.9 Å². The van der Waals surface area contributed by atoms with E-state index in [2.05, 4.69) is 0 Å². The zero-order valence-electron chi connectivity index (χ0n) is 7.38. The Morgan fingerprint density at radius 1 is 1.17 bits per heavy atom. The van der Waals surface area contributed by atoms with Crippen LogP contribution < -0.4 is 0 Å². The van der Waals surface area contributed by atoms with Crippen molar-refractivity contribution < 1.29 is 9.90 Å². The zero-order chi connectivity index (χ0) is 8.66. The summed E-state index contributed by atoms with van der Waals surface area (Å²) in [4.78, 5) is 10.7. The fraction of sp³-hybridized carbons (Fsp3) is 0.900. The van der Waals surface area contributed by atoms with Crippen LogP contribution in [0.2, 0.25) is 0 Å². The minimum Gasteiger partial charge on any atom is -0.390 e. The molecule has 0 aromatic heterocycles. The summed E-state index contributed by atoms with van der Waals surface area (Å²) in [7, 11) is 0. The van der Waals surface area contributed by atoms with E-state index in [0.29, 0.717) is 0 Å². The predicted molar refractivity (Wildman–Crippen MR) is 45.8 cm³/mol. The van der Waals surface area contributed by atoms with E-state index < -0.39 is 5.60 Å². The van der Waals surface area contributed by atoms with Crippen molar-refractivity contribution in [1.82, 2.24) is 0 Å². The van der Waals surface area contributed by atoms with Crippen LogP contribution in [0.25, 0.3) is 0 Å². The molecule has 68 valence electrons. The van der Waals surface area contributed by atoms with Crippen LogP contribution in [0.3, 0.4) is 0 Å². The average molecular weight is 168 g/mol. The predicted octanol–water partition coefficient (Wildman–Crippen LogP) is 1.66. The van der Waals surface area contributed by atoms with Crippen molar-refractivity contribution in [2.45, 2.75) is 50.5 Å². The van der Waals surface area contributed by atoms with Gasteiger partial charge in [0, 0.05) is 5.41 Å². The fourth-order valence-corrected chi connectivity index (χ4v) is 2.36. The Kier molecular flexibility index (Phi) is 1.76. The quantitative estimate of drug-likeness (QED) is 0.651. The lowest BCUT2D eigenvalue weighted by Crippen LogP contribution is -2.28. The molecule has 0 spiro atoms. The summed E-state index contributed by atoms with van der Waals surface area (Å²) < 4.78 is 0. The molecule has 2 rings (SSSR count). The van der Waals surface area contributed by atoms with E-state index >= 15 is 0 Å². The monoisotopic (exact) mass is 168 g/mol. The van der Waals surface area contributed by atoms with Crippen LogP contribution in [-0.4, -0.2) is 17.0 Å². The van der Waals surface area contributed by atoms with Crippen LogP contribution in [0.15, 0.2) is 0 Å². The number of aliphatic hydroxyl groups is 1. The first-order chi connectivity index (χ1) is 5.68. The number of rotatable bonds is 3. The largest absolute Gasteiger partial charge is 0.390 e. The second kappa shape index (κ2) is 2.56. The smallest absolute Gasteiger partial charge is 0.126 e. The van der Waals surface area contributed by atoms with Gasteiger partial charge in [-0.05, 0) is 32.1 Å². The average Bonchev–Trinajstić information content (AvgIpc) is 2.68. The van der Waals surface area contributed by atoms with Gasteiger partial charge >= 0.3 is 0 Å². The molecule has 0 amide bonds. The highest BCUT2D eigenvalue weighted by Crippen LogP contribution is 2.52. The Balaban J connectivity index is 1.97. The summed E-state index contributed by atoms with van der Waals surface area (Å²) in [6.07, 6.45) is 7.85. The molecular weight excluding hydrogens is 152 g/mol. The van der Waals surface area contributed by atoms with Crippen LogP contribution in [0, 0.1) is 5.41 Å². The maximum Gasteiger partial charge on any atom is 0.126 e. The molecule has 2 fully saturated rings. The summed E-state index contributed by atoms with van der Waals surface area (Å²) in [6.45, 7) is 0. The van der Waals surface area contributed by atoms with Gasteiger partial charge in [-0.2, -0.15) is 0 Å². The number of hydrogen-bond donors (Lipinski definition) is 1. The second-order valence-electron chi connectivity index (χ2n) is 4.59. The summed E-state index contributed by atoms with van der Waals surface area (Å²) in [6, 6.07) is 0. The van der Waals surface area contributed by atoms with Crippen molar-refractivity contribution in [3.8, 4) is 0 Å². The molecule has 0 aromatic carbocycles. The maximum absolute atomic E-state index is 10.7. The molecule has 2 aliphatic carbocycles. The number of carbonyl (C=O) groups is 1. The van der Waals surface area contributed by atoms with Crippen molar-refractivity contribution in [3.05, 3.63) is 0 Å². The van der Waals surface area contributed by atoms with Gasteiger partial charge in [-0.15, -0.1) is 0 Å². The molecule has 2 aliphatic rings. The van der Waals surface area contributed by atoms with E-state index in [9.17, 15) is 9.90 Å². The van der Waals surface area contributed by atoms with Gasteiger partial charge in [0.25, 0.3) is 0 Å². The summed E-state index contributed by atoms with van der Waals surface area (Å²) in [5.74, 6) is 0. The minimum atomic E-state index is -0.489. The van der Waals surface area contributed by atoms with E-state index in [1.54, 1.807) is 0 Å². The summed E-state index contributed by atoms with van der Waals surface area (Å²) in [5, 5.41) is 10.0. The van der Waals surface area contributed by atoms with E-state index in [-0.39, 0.29) is 5.41 Å². The lowest BCUT2D eigenvalue weighted by molar-refractivity contribution is -0.114. The Hall–Kier alpha value is -0.370. The van der Waals surface area contributed by atoms with Gasteiger partial charge in [0.05, 0.1) is 5.60 Å².